The summed E-state index contributed by atoms with van der Waals surface area (Å²) < 4.78 is 4.96. The fraction of sp³-hybridized carbons (Fsp3) is 0.667. The van der Waals surface area contributed by atoms with Gasteiger partial charge in [0.1, 0.15) is 11.7 Å². The largest absolute Gasteiger partial charge is 0.465 e. The number of esters is 1. The predicted molar refractivity (Wildman–Crippen MR) is 55.1 cm³/mol. The summed E-state index contributed by atoms with van der Waals surface area (Å²) in [6, 6.07) is 0. The number of hydrogen-bond donors (Lipinski definition) is 0. The van der Waals surface area contributed by atoms with Gasteiger partial charge in [0.25, 0.3) is 0 Å². The molecule has 0 heterocycles. The molecule has 0 radical (unpaired) electrons. The fourth-order valence-corrected chi connectivity index (χ4v) is 2.70. The van der Waals surface area contributed by atoms with Gasteiger partial charge in [-0.05, 0) is 31.6 Å². The highest BCUT2D eigenvalue weighted by Crippen LogP contribution is 2.42. The Labute approximate surface area is 89.5 Å². The molecule has 3 atom stereocenters. The molecule has 0 N–H and O–H groups in total. The first-order chi connectivity index (χ1) is 7.24. The van der Waals surface area contributed by atoms with Crippen LogP contribution < -0.4 is 0 Å². The van der Waals surface area contributed by atoms with Gasteiger partial charge in [0.15, 0.2) is 0 Å². The fourth-order valence-electron chi connectivity index (χ4n) is 2.70. The highest BCUT2D eigenvalue weighted by molar-refractivity contribution is 6.01. The summed E-state index contributed by atoms with van der Waals surface area (Å²) >= 11 is 0. The smallest absolute Gasteiger partial charge is 0.316 e. The number of Topliss-reactive ketones (excluding diaryl/α,β-unsaturated/α-hetero) is 1. The Morgan fingerprint density at radius 2 is 2.20 bits per heavy atom. The van der Waals surface area contributed by atoms with E-state index in [0.29, 0.717) is 18.9 Å². The highest BCUT2D eigenvalue weighted by Gasteiger charge is 2.46. The molecule has 0 amide bonds. The van der Waals surface area contributed by atoms with Crippen molar-refractivity contribution >= 4 is 11.8 Å². The quantitative estimate of drug-likeness (QED) is 0.394. The lowest BCUT2D eigenvalue weighted by atomic mass is 9.81. The van der Waals surface area contributed by atoms with Crippen molar-refractivity contribution in [3.05, 3.63) is 12.2 Å². The molecule has 2 aliphatic carbocycles. The normalized spacial score (nSPS) is 33.9. The number of allylic oxidation sites excluding steroid dienone is 2. The van der Waals surface area contributed by atoms with Crippen molar-refractivity contribution in [2.45, 2.75) is 26.2 Å². The summed E-state index contributed by atoms with van der Waals surface area (Å²) in [7, 11) is 0. The van der Waals surface area contributed by atoms with E-state index in [1.807, 2.05) is 0 Å². The Hall–Kier alpha value is -1.12. The zero-order chi connectivity index (χ0) is 10.8. The molecule has 0 bridgehead atoms. The first-order valence-corrected chi connectivity index (χ1v) is 5.58. The van der Waals surface area contributed by atoms with Gasteiger partial charge in [-0.25, -0.2) is 0 Å². The Morgan fingerprint density at radius 1 is 1.47 bits per heavy atom. The third kappa shape index (κ3) is 1.83. The van der Waals surface area contributed by atoms with Crippen LogP contribution in [0.3, 0.4) is 0 Å². The molecule has 0 unspecified atom stereocenters. The van der Waals surface area contributed by atoms with Crippen LogP contribution in [0, 0.1) is 17.8 Å². The first kappa shape index (κ1) is 10.4. The second-order valence-corrected chi connectivity index (χ2v) is 4.27. The van der Waals surface area contributed by atoms with Gasteiger partial charge in [0.2, 0.25) is 0 Å². The molecule has 1 fully saturated rings. The Morgan fingerprint density at radius 3 is 2.93 bits per heavy atom. The molecule has 0 aromatic rings. The van der Waals surface area contributed by atoms with Crippen molar-refractivity contribution in [2.24, 2.45) is 17.8 Å². The lowest BCUT2D eigenvalue weighted by Gasteiger charge is -2.23. The first-order valence-electron chi connectivity index (χ1n) is 5.58. The second-order valence-electron chi connectivity index (χ2n) is 4.27. The van der Waals surface area contributed by atoms with Gasteiger partial charge in [-0.1, -0.05) is 12.2 Å². The third-order valence-corrected chi connectivity index (χ3v) is 3.40. The van der Waals surface area contributed by atoms with E-state index in [-0.39, 0.29) is 17.7 Å². The molecule has 0 aliphatic heterocycles. The minimum atomic E-state index is -0.486. The number of hydrogen-bond acceptors (Lipinski definition) is 3. The number of ether oxygens (including phenoxy) is 1. The van der Waals surface area contributed by atoms with Crippen LogP contribution >= 0.6 is 0 Å². The van der Waals surface area contributed by atoms with E-state index < -0.39 is 5.92 Å². The zero-order valence-corrected chi connectivity index (χ0v) is 8.94. The molecule has 2 rings (SSSR count). The van der Waals surface area contributed by atoms with Gasteiger partial charge in [0.05, 0.1) is 6.61 Å². The summed E-state index contributed by atoms with van der Waals surface area (Å²) in [5.74, 6) is -0.157. The van der Waals surface area contributed by atoms with E-state index in [9.17, 15) is 9.59 Å². The van der Waals surface area contributed by atoms with Crippen molar-refractivity contribution < 1.29 is 14.3 Å². The SMILES string of the molecule is CCOC(=O)[C@@H]1C(=O)C[C@H]2CC=CC[C@H]21. The van der Waals surface area contributed by atoms with Crippen LogP contribution in [-0.4, -0.2) is 18.4 Å². The molecular formula is C12H16O3. The Kier molecular flexibility index (Phi) is 2.89. The number of rotatable bonds is 2. The van der Waals surface area contributed by atoms with Gasteiger partial charge in [-0.3, -0.25) is 9.59 Å². The van der Waals surface area contributed by atoms with Crippen LogP contribution in [0.15, 0.2) is 12.2 Å². The minimum absolute atomic E-state index is 0.0761. The summed E-state index contributed by atoms with van der Waals surface area (Å²) in [6.45, 7) is 2.13. The second kappa shape index (κ2) is 4.17. The number of ketones is 1. The van der Waals surface area contributed by atoms with Crippen LogP contribution in [0.4, 0.5) is 0 Å². The number of carbonyl (C=O) groups excluding carboxylic acids is 2. The van der Waals surface area contributed by atoms with Gasteiger partial charge >= 0.3 is 5.97 Å². The van der Waals surface area contributed by atoms with E-state index in [0.717, 1.165) is 12.8 Å². The maximum Gasteiger partial charge on any atom is 0.316 e. The van der Waals surface area contributed by atoms with Gasteiger partial charge in [-0.15, -0.1) is 0 Å². The van der Waals surface area contributed by atoms with E-state index in [1.165, 1.54) is 0 Å². The average molecular weight is 208 g/mol. The van der Waals surface area contributed by atoms with E-state index >= 15 is 0 Å². The average Bonchev–Trinajstić information content (AvgIpc) is 2.54. The molecule has 0 spiro atoms. The number of fused-ring (bicyclic) bond motifs is 1. The molecule has 0 saturated heterocycles. The standard InChI is InChI=1S/C12H16O3/c1-2-15-12(14)11-9-6-4-3-5-8(9)7-10(11)13/h3-4,8-9,11H,2,5-7H2,1H3/t8-,9-,11+/m1/s1. The van der Waals surface area contributed by atoms with Crippen LogP contribution in [-0.2, 0) is 14.3 Å². The molecule has 15 heavy (non-hydrogen) atoms. The van der Waals surface area contributed by atoms with Gasteiger partial charge in [0, 0.05) is 6.42 Å². The lowest BCUT2D eigenvalue weighted by molar-refractivity contribution is -0.152. The van der Waals surface area contributed by atoms with Crippen LogP contribution in [0.5, 0.6) is 0 Å². The zero-order valence-electron chi connectivity index (χ0n) is 8.94. The summed E-state index contributed by atoms with van der Waals surface area (Å²) in [5.41, 5.74) is 0. The predicted octanol–water partition coefficient (Wildman–Crippen LogP) is 1.72. The topological polar surface area (TPSA) is 43.4 Å². The summed E-state index contributed by atoms with van der Waals surface area (Å²) in [6.07, 6.45) is 6.53. The van der Waals surface area contributed by atoms with E-state index in [4.69, 9.17) is 4.74 Å². The van der Waals surface area contributed by atoms with Crippen molar-refractivity contribution in [3.63, 3.8) is 0 Å². The lowest BCUT2D eigenvalue weighted by Crippen LogP contribution is -2.28. The van der Waals surface area contributed by atoms with E-state index in [1.54, 1.807) is 6.92 Å². The summed E-state index contributed by atoms with van der Waals surface area (Å²) in [5, 5.41) is 0. The van der Waals surface area contributed by atoms with E-state index in [2.05, 4.69) is 12.2 Å². The maximum atomic E-state index is 11.7. The maximum absolute atomic E-state index is 11.7. The van der Waals surface area contributed by atoms with Crippen molar-refractivity contribution in [1.82, 2.24) is 0 Å². The molecule has 0 aromatic heterocycles. The van der Waals surface area contributed by atoms with Crippen molar-refractivity contribution in [3.8, 4) is 0 Å². The molecule has 0 aromatic carbocycles. The monoisotopic (exact) mass is 208 g/mol. The molecular weight excluding hydrogens is 192 g/mol. The highest BCUT2D eigenvalue weighted by atomic mass is 16.5. The van der Waals surface area contributed by atoms with Gasteiger partial charge in [-0.2, -0.15) is 0 Å². The van der Waals surface area contributed by atoms with Crippen LogP contribution in [0.2, 0.25) is 0 Å². The molecule has 82 valence electrons. The third-order valence-electron chi connectivity index (χ3n) is 3.40. The van der Waals surface area contributed by atoms with Crippen molar-refractivity contribution in [1.29, 1.82) is 0 Å². The molecule has 3 heteroatoms. The molecule has 3 nitrogen and oxygen atoms in total. The van der Waals surface area contributed by atoms with Crippen LogP contribution in [0.1, 0.15) is 26.2 Å². The van der Waals surface area contributed by atoms with Gasteiger partial charge < -0.3 is 4.74 Å². The summed E-state index contributed by atoms with van der Waals surface area (Å²) in [4.78, 5) is 23.4. The van der Waals surface area contributed by atoms with Crippen LogP contribution in [0.25, 0.3) is 0 Å². The Balaban J connectivity index is 2.13. The minimum Gasteiger partial charge on any atom is -0.465 e. The Bertz CT molecular complexity index is 306. The molecule has 1 saturated carbocycles. The number of carbonyl (C=O) groups is 2. The van der Waals surface area contributed by atoms with Crippen molar-refractivity contribution in [2.75, 3.05) is 6.61 Å². The molecule has 2 aliphatic rings.